The van der Waals surface area contributed by atoms with Crippen LogP contribution in [-0.4, -0.2) is 38.5 Å². The molecular formula is C23H50ClNO. The Hall–Kier alpha value is 0.210. The number of unbranched alkanes of at least 4 members (excludes halogenated alkanes) is 15. The van der Waals surface area contributed by atoms with Crippen LogP contribution in [0.3, 0.4) is 0 Å². The van der Waals surface area contributed by atoms with Crippen molar-refractivity contribution in [2.24, 2.45) is 0 Å². The largest absolute Gasteiger partial charge is 1.00 e. The number of ether oxygens (including phenoxy) is 1. The molecule has 0 N–H and O–H groups in total. The van der Waals surface area contributed by atoms with Gasteiger partial charge in [0.15, 0.2) is 6.73 Å². The lowest BCUT2D eigenvalue weighted by Gasteiger charge is -2.29. The highest BCUT2D eigenvalue weighted by molar-refractivity contribution is 4.50. The molecule has 2 nitrogen and oxygen atoms in total. The standard InChI is InChI=1S/C23H50NO.ClH/c1-5-7-8-9-10-11-12-13-14-15-16-17-18-19-20-21-22-24(3,4)23-25-6-2;/h5-23H2,1-4H3;1H/q+1;/p-1. The van der Waals surface area contributed by atoms with Crippen LogP contribution in [0.4, 0.5) is 0 Å². The molecule has 0 rings (SSSR count). The van der Waals surface area contributed by atoms with Crippen molar-refractivity contribution in [2.45, 2.75) is 117 Å². The van der Waals surface area contributed by atoms with Crippen LogP contribution in [0.15, 0.2) is 0 Å². The summed E-state index contributed by atoms with van der Waals surface area (Å²) in [4.78, 5) is 0. The quantitative estimate of drug-likeness (QED) is 0.170. The van der Waals surface area contributed by atoms with Crippen LogP contribution >= 0.6 is 0 Å². The van der Waals surface area contributed by atoms with E-state index in [1.54, 1.807) is 0 Å². The molecule has 0 saturated carbocycles. The molecular weight excluding hydrogens is 342 g/mol. The molecule has 0 spiro atoms. The van der Waals surface area contributed by atoms with Gasteiger partial charge in [-0.2, -0.15) is 0 Å². The maximum Gasteiger partial charge on any atom is 0.182 e. The van der Waals surface area contributed by atoms with Gasteiger partial charge in [0.05, 0.1) is 20.6 Å². The van der Waals surface area contributed by atoms with E-state index < -0.39 is 0 Å². The summed E-state index contributed by atoms with van der Waals surface area (Å²) < 4.78 is 6.56. The summed E-state index contributed by atoms with van der Waals surface area (Å²) in [5, 5.41) is 0. The lowest BCUT2D eigenvalue weighted by atomic mass is 10.0. The van der Waals surface area contributed by atoms with Gasteiger partial charge >= 0.3 is 0 Å². The molecule has 0 aromatic heterocycles. The number of hydrogen-bond donors (Lipinski definition) is 0. The second-order valence-corrected chi connectivity index (χ2v) is 8.58. The zero-order valence-corrected chi connectivity index (χ0v) is 19.4. The zero-order valence-electron chi connectivity index (χ0n) is 18.7. The highest BCUT2D eigenvalue weighted by Crippen LogP contribution is 2.14. The number of rotatable bonds is 20. The van der Waals surface area contributed by atoms with Gasteiger partial charge in [-0.25, -0.2) is 0 Å². The Morgan fingerprint density at radius 1 is 0.538 bits per heavy atom. The van der Waals surface area contributed by atoms with Gasteiger partial charge in [0.25, 0.3) is 0 Å². The first-order valence-electron chi connectivity index (χ1n) is 11.5. The third-order valence-corrected chi connectivity index (χ3v) is 5.26. The summed E-state index contributed by atoms with van der Waals surface area (Å²) in [6, 6.07) is 0. The lowest BCUT2D eigenvalue weighted by molar-refractivity contribution is -0.909. The van der Waals surface area contributed by atoms with Gasteiger partial charge in [-0.05, 0) is 19.8 Å². The van der Waals surface area contributed by atoms with E-state index in [1.165, 1.54) is 109 Å². The summed E-state index contributed by atoms with van der Waals surface area (Å²) in [5.41, 5.74) is 0. The molecule has 0 atom stereocenters. The smallest absolute Gasteiger partial charge is 0.182 e. The minimum atomic E-state index is 0. The van der Waals surface area contributed by atoms with Crippen LogP contribution in [0, 0.1) is 0 Å². The van der Waals surface area contributed by atoms with E-state index >= 15 is 0 Å². The molecule has 0 aliphatic carbocycles. The maximum atomic E-state index is 5.55. The van der Waals surface area contributed by atoms with Crippen molar-refractivity contribution in [2.75, 3.05) is 34.0 Å². The van der Waals surface area contributed by atoms with E-state index in [0.29, 0.717) is 0 Å². The summed E-state index contributed by atoms with van der Waals surface area (Å²) >= 11 is 0. The molecule has 0 aliphatic heterocycles. The number of nitrogens with zero attached hydrogens (tertiary/aromatic N) is 1. The first-order valence-corrected chi connectivity index (χ1v) is 11.5. The topological polar surface area (TPSA) is 9.23 Å². The molecule has 26 heavy (non-hydrogen) atoms. The van der Waals surface area contributed by atoms with E-state index in [0.717, 1.165) is 17.8 Å². The SMILES string of the molecule is CCCCCCCCCCCCCCCCCC[N+](C)(C)COCC.[Cl-]. The van der Waals surface area contributed by atoms with Gasteiger partial charge in [0, 0.05) is 6.61 Å². The van der Waals surface area contributed by atoms with E-state index in [2.05, 4.69) is 27.9 Å². The van der Waals surface area contributed by atoms with Crippen molar-refractivity contribution in [3.05, 3.63) is 0 Å². The Morgan fingerprint density at radius 3 is 1.23 bits per heavy atom. The van der Waals surface area contributed by atoms with Gasteiger partial charge in [-0.3, -0.25) is 0 Å². The molecule has 0 radical (unpaired) electrons. The fourth-order valence-electron chi connectivity index (χ4n) is 3.49. The molecule has 160 valence electrons. The van der Waals surface area contributed by atoms with Crippen molar-refractivity contribution in [1.82, 2.24) is 0 Å². The Morgan fingerprint density at radius 2 is 0.885 bits per heavy atom. The van der Waals surface area contributed by atoms with Crippen molar-refractivity contribution < 1.29 is 21.6 Å². The highest BCUT2D eigenvalue weighted by Gasteiger charge is 2.13. The molecule has 0 saturated heterocycles. The minimum absolute atomic E-state index is 0. The molecule has 0 amide bonds. The van der Waals surface area contributed by atoms with Crippen molar-refractivity contribution in [3.8, 4) is 0 Å². The predicted molar refractivity (Wildman–Crippen MR) is 113 cm³/mol. The van der Waals surface area contributed by atoms with E-state index in [1.807, 2.05) is 0 Å². The molecule has 0 aromatic carbocycles. The molecule has 0 aliphatic rings. The maximum absolute atomic E-state index is 5.55. The first kappa shape index (κ1) is 28.4. The summed E-state index contributed by atoms with van der Waals surface area (Å²) in [6.45, 7) is 7.31. The monoisotopic (exact) mass is 391 g/mol. The van der Waals surface area contributed by atoms with Crippen LogP contribution in [-0.2, 0) is 4.74 Å². The molecule has 0 fully saturated rings. The van der Waals surface area contributed by atoms with Gasteiger partial charge in [-0.1, -0.05) is 96.8 Å². The zero-order chi connectivity index (χ0) is 18.6. The summed E-state index contributed by atoms with van der Waals surface area (Å²) in [7, 11) is 4.56. The van der Waals surface area contributed by atoms with Crippen molar-refractivity contribution >= 4 is 0 Å². The van der Waals surface area contributed by atoms with Crippen molar-refractivity contribution in [3.63, 3.8) is 0 Å². The van der Waals surface area contributed by atoms with E-state index in [-0.39, 0.29) is 12.4 Å². The van der Waals surface area contributed by atoms with Gasteiger partial charge < -0.3 is 21.6 Å². The molecule has 3 heteroatoms. The Bertz CT molecular complexity index is 259. The number of hydrogen-bond acceptors (Lipinski definition) is 1. The van der Waals surface area contributed by atoms with Crippen molar-refractivity contribution in [1.29, 1.82) is 0 Å². The molecule has 0 bridgehead atoms. The van der Waals surface area contributed by atoms with E-state index in [4.69, 9.17) is 4.74 Å². The van der Waals surface area contributed by atoms with Crippen LogP contribution in [0.25, 0.3) is 0 Å². The fraction of sp³-hybridized carbons (Fsp3) is 1.00. The average molecular weight is 392 g/mol. The number of quaternary nitrogens is 1. The van der Waals surface area contributed by atoms with Crippen LogP contribution in [0.1, 0.15) is 117 Å². The third kappa shape index (κ3) is 22.3. The predicted octanol–water partition coefficient (Wildman–Crippen LogP) is 4.32. The molecule has 0 heterocycles. The highest BCUT2D eigenvalue weighted by atomic mass is 35.5. The Kier molecular flexibility index (Phi) is 23.5. The Labute approximate surface area is 172 Å². The fourth-order valence-corrected chi connectivity index (χ4v) is 3.49. The van der Waals surface area contributed by atoms with E-state index in [9.17, 15) is 0 Å². The third-order valence-electron chi connectivity index (χ3n) is 5.26. The van der Waals surface area contributed by atoms with Gasteiger partial charge in [0.1, 0.15) is 0 Å². The summed E-state index contributed by atoms with van der Waals surface area (Å²) in [6.07, 6.45) is 23.1. The minimum Gasteiger partial charge on any atom is -1.00 e. The Balaban J connectivity index is 0. The lowest BCUT2D eigenvalue weighted by Crippen LogP contribution is -3.00. The second-order valence-electron chi connectivity index (χ2n) is 8.58. The molecule has 0 aromatic rings. The average Bonchev–Trinajstić information content (AvgIpc) is 2.59. The van der Waals surface area contributed by atoms with Crippen LogP contribution in [0.5, 0.6) is 0 Å². The number of halogens is 1. The normalized spacial score (nSPS) is 11.5. The van der Waals surface area contributed by atoms with Crippen LogP contribution < -0.4 is 12.4 Å². The summed E-state index contributed by atoms with van der Waals surface area (Å²) in [5.74, 6) is 0. The van der Waals surface area contributed by atoms with Gasteiger partial charge in [0.2, 0.25) is 0 Å². The molecule has 0 unspecified atom stereocenters. The van der Waals surface area contributed by atoms with Crippen LogP contribution in [0.2, 0.25) is 0 Å². The second kappa shape index (κ2) is 21.5. The van der Waals surface area contributed by atoms with Gasteiger partial charge in [-0.15, -0.1) is 0 Å². The first-order chi connectivity index (χ1) is 12.1.